The molecule has 0 radical (unpaired) electrons. The predicted octanol–water partition coefficient (Wildman–Crippen LogP) is 2.26. The van der Waals surface area contributed by atoms with Crippen LogP contribution in [0.4, 0.5) is 0 Å². The molecule has 3 aliphatic rings. The largest absolute Gasteiger partial charge is 0.494 e. The zero-order valence-corrected chi connectivity index (χ0v) is 20.7. The second kappa shape index (κ2) is 10.3. The minimum atomic E-state index is -0.492. The van der Waals surface area contributed by atoms with E-state index in [1.54, 1.807) is 4.90 Å². The van der Waals surface area contributed by atoms with E-state index >= 15 is 0 Å². The number of para-hydroxylation sites is 1. The number of nitrogens with one attached hydrogen (secondary N) is 3. The Bertz CT molecular complexity index is 1140. The summed E-state index contributed by atoms with van der Waals surface area (Å²) in [6, 6.07) is 15.3. The van der Waals surface area contributed by atoms with Crippen molar-refractivity contribution in [2.24, 2.45) is 5.41 Å². The van der Waals surface area contributed by atoms with E-state index in [2.05, 4.69) is 35.0 Å². The molecule has 5 rings (SSSR count). The third-order valence-electron chi connectivity index (χ3n) is 7.59. The van der Waals surface area contributed by atoms with Crippen molar-refractivity contribution in [3.8, 4) is 5.75 Å². The SMILES string of the molecule is C[C@@]12CC1N(C(=O)CNC(=O)CCCOc1ccccc1)[C@H](C(=O)NCc1ccc3c(c1)CNC3)C2. The lowest BCUT2D eigenvalue weighted by Gasteiger charge is -2.27. The summed E-state index contributed by atoms with van der Waals surface area (Å²) in [4.78, 5) is 40.1. The molecule has 3 N–H and O–H groups in total. The number of benzene rings is 2. The Morgan fingerprint density at radius 2 is 1.86 bits per heavy atom. The Morgan fingerprint density at radius 3 is 2.69 bits per heavy atom. The van der Waals surface area contributed by atoms with Gasteiger partial charge in [-0.1, -0.05) is 43.3 Å². The first-order chi connectivity index (χ1) is 17.4. The second-order valence-electron chi connectivity index (χ2n) is 10.4. The molecule has 3 amide bonds. The van der Waals surface area contributed by atoms with Gasteiger partial charge in [0.25, 0.3) is 0 Å². The van der Waals surface area contributed by atoms with Crippen LogP contribution in [0.15, 0.2) is 48.5 Å². The zero-order chi connectivity index (χ0) is 25.1. The fourth-order valence-corrected chi connectivity index (χ4v) is 5.42. The number of nitrogens with zero attached hydrogens (tertiary/aromatic N) is 1. The van der Waals surface area contributed by atoms with Gasteiger partial charge in [0.05, 0.1) is 13.2 Å². The molecule has 2 fully saturated rings. The molecule has 2 aromatic carbocycles. The van der Waals surface area contributed by atoms with E-state index in [0.29, 0.717) is 26.0 Å². The van der Waals surface area contributed by atoms with Crippen molar-refractivity contribution in [3.05, 3.63) is 65.2 Å². The molecule has 36 heavy (non-hydrogen) atoms. The molecule has 3 atom stereocenters. The molecular formula is C28H34N4O4. The highest BCUT2D eigenvalue weighted by Crippen LogP contribution is 2.59. The minimum absolute atomic E-state index is 0.00427. The molecule has 1 saturated heterocycles. The number of carbonyl (C=O) groups is 3. The topological polar surface area (TPSA) is 99.8 Å². The monoisotopic (exact) mass is 490 g/mol. The Balaban J connectivity index is 1.08. The zero-order valence-electron chi connectivity index (χ0n) is 20.7. The lowest BCUT2D eigenvalue weighted by Crippen LogP contribution is -2.50. The van der Waals surface area contributed by atoms with Crippen LogP contribution < -0.4 is 20.7 Å². The van der Waals surface area contributed by atoms with Gasteiger partial charge in [-0.2, -0.15) is 0 Å². The number of ether oxygens (including phenoxy) is 1. The quantitative estimate of drug-likeness (QED) is 0.444. The third kappa shape index (κ3) is 5.38. The number of fused-ring (bicyclic) bond motifs is 2. The molecule has 190 valence electrons. The maximum atomic E-state index is 13.1. The van der Waals surface area contributed by atoms with E-state index in [1.807, 2.05) is 36.4 Å². The Hall–Kier alpha value is -3.39. The van der Waals surface area contributed by atoms with Crippen molar-refractivity contribution in [2.75, 3.05) is 13.2 Å². The summed E-state index contributed by atoms with van der Waals surface area (Å²) in [7, 11) is 0. The van der Waals surface area contributed by atoms with Crippen LogP contribution in [-0.2, 0) is 34.0 Å². The lowest BCUT2D eigenvalue weighted by molar-refractivity contribution is -0.140. The average molecular weight is 491 g/mol. The average Bonchev–Trinajstić information content (AvgIpc) is 3.20. The Kier molecular flexibility index (Phi) is 6.96. The van der Waals surface area contributed by atoms with Gasteiger partial charge in [0, 0.05) is 32.1 Å². The summed E-state index contributed by atoms with van der Waals surface area (Å²) >= 11 is 0. The molecule has 2 aromatic rings. The molecular weight excluding hydrogens is 456 g/mol. The highest BCUT2D eigenvalue weighted by Gasteiger charge is 2.64. The van der Waals surface area contributed by atoms with Crippen molar-refractivity contribution in [1.29, 1.82) is 0 Å². The summed E-state index contributed by atoms with van der Waals surface area (Å²) in [5, 5.41) is 9.09. The van der Waals surface area contributed by atoms with Crippen molar-refractivity contribution < 1.29 is 19.1 Å². The number of hydrogen-bond donors (Lipinski definition) is 3. The molecule has 1 aliphatic carbocycles. The number of rotatable bonds is 10. The number of carbonyl (C=O) groups excluding carboxylic acids is 3. The Labute approximate surface area is 211 Å². The van der Waals surface area contributed by atoms with Crippen molar-refractivity contribution >= 4 is 17.7 Å². The maximum absolute atomic E-state index is 13.1. The summed E-state index contributed by atoms with van der Waals surface area (Å²) < 4.78 is 5.61. The van der Waals surface area contributed by atoms with E-state index in [0.717, 1.165) is 30.8 Å². The number of likely N-dealkylation sites (tertiary alicyclic amines) is 1. The molecule has 1 unspecified atom stereocenters. The van der Waals surface area contributed by atoms with E-state index in [4.69, 9.17) is 4.74 Å². The van der Waals surface area contributed by atoms with E-state index in [-0.39, 0.29) is 42.1 Å². The van der Waals surface area contributed by atoms with Crippen LogP contribution in [0.25, 0.3) is 0 Å². The standard InChI is InChI=1S/C28H34N4O4/c1-28-13-23(27(35)31-15-19-9-10-20-16-29-17-21(20)12-19)32(24(28)14-28)26(34)18-30-25(33)8-5-11-36-22-6-3-2-4-7-22/h2-4,6-7,9-10,12,23-24,29H,5,8,11,13-18H2,1H3,(H,30,33)(H,31,35)/t23-,24?,28+/m0/s1. The van der Waals surface area contributed by atoms with Gasteiger partial charge in [-0.05, 0) is 53.5 Å². The van der Waals surface area contributed by atoms with Gasteiger partial charge in [-0.15, -0.1) is 0 Å². The number of piperidine rings is 1. The van der Waals surface area contributed by atoms with Gasteiger partial charge in [0.1, 0.15) is 11.8 Å². The normalized spacial score (nSPS) is 23.5. The van der Waals surface area contributed by atoms with Crippen LogP contribution in [0.3, 0.4) is 0 Å². The van der Waals surface area contributed by atoms with Crippen molar-refractivity contribution in [2.45, 2.75) is 64.3 Å². The second-order valence-corrected chi connectivity index (χ2v) is 10.4. The first-order valence-corrected chi connectivity index (χ1v) is 12.8. The molecule has 8 heteroatoms. The summed E-state index contributed by atoms with van der Waals surface area (Å²) in [6.45, 7) is 4.65. The molecule has 0 aromatic heterocycles. The van der Waals surface area contributed by atoms with Crippen LogP contribution in [0.5, 0.6) is 5.75 Å². The van der Waals surface area contributed by atoms with Gasteiger partial charge < -0.3 is 25.6 Å². The molecule has 2 aliphatic heterocycles. The van der Waals surface area contributed by atoms with Crippen LogP contribution in [0.2, 0.25) is 0 Å². The van der Waals surface area contributed by atoms with E-state index in [1.165, 1.54) is 11.1 Å². The smallest absolute Gasteiger partial charge is 0.243 e. The van der Waals surface area contributed by atoms with Crippen molar-refractivity contribution in [3.63, 3.8) is 0 Å². The maximum Gasteiger partial charge on any atom is 0.243 e. The predicted molar refractivity (Wildman–Crippen MR) is 135 cm³/mol. The van der Waals surface area contributed by atoms with E-state index in [9.17, 15) is 14.4 Å². The van der Waals surface area contributed by atoms with Crippen LogP contribution in [0, 0.1) is 5.41 Å². The third-order valence-corrected chi connectivity index (χ3v) is 7.59. The summed E-state index contributed by atoms with van der Waals surface area (Å²) in [5.41, 5.74) is 3.63. The fraction of sp³-hybridized carbons (Fsp3) is 0.464. The lowest BCUT2D eigenvalue weighted by atomic mass is 10.0. The van der Waals surface area contributed by atoms with Gasteiger partial charge in [-0.25, -0.2) is 0 Å². The van der Waals surface area contributed by atoms with Gasteiger partial charge in [-0.3, -0.25) is 14.4 Å². The molecule has 1 saturated carbocycles. The summed E-state index contributed by atoms with van der Waals surface area (Å²) in [5.74, 6) is 0.260. The Morgan fingerprint density at radius 1 is 1.06 bits per heavy atom. The van der Waals surface area contributed by atoms with Crippen LogP contribution in [0.1, 0.15) is 49.3 Å². The van der Waals surface area contributed by atoms with Crippen molar-refractivity contribution in [1.82, 2.24) is 20.9 Å². The first-order valence-electron chi connectivity index (χ1n) is 12.8. The highest BCUT2D eigenvalue weighted by molar-refractivity contribution is 5.91. The van der Waals surface area contributed by atoms with Crippen LogP contribution in [-0.4, -0.2) is 47.9 Å². The number of hydrogen-bond acceptors (Lipinski definition) is 5. The van der Waals surface area contributed by atoms with Gasteiger partial charge in [0.15, 0.2) is 0 Å². The van der Waals surface area contributed by atoms with Crippen LogP contribution >= 0.6 is 0 Å². The molecule has 8 nitrogen and oxygen atoms in total. The van der Waals surface area contributed by atoms with Gasteiger partial charge >= 0.3 is 0 Å². The van der Waals surface area contributed by atoms with E-state index < -0.39 is 6.04 Å². The number of amides is 3. The molecule has 0 bridgehead atoms. The fourth-order valence-electron chi connectivity index (χ4n) is 5.42. The summed E-state index contributed by atoms with van der Waals surface area (Å²) in [6.07, 6.45) is 2.41. The van der Waals surface area contributed by atoms with Gasteiger partial charge in [0.2, 0.25) is 17.7 Å². The molecule has 2 heterocycles. The highest BCUT2D eigenvalue weighted by atomic mass is 16.5. The molecule has 0 spiro atoms. The first kappa shape index (κ1) is 24.3. The minimum Gasteiger partial charge on any atom is -0.494 e.